The zero-order valence-electron chi connectivity index (χ0n) is 13.1. The molecule has 1 aromatic carbocycles. The van der Waals surface area contributed by atoms with Crippen molar-refractivity contribution in [3.05, 3.63) is 47.4 Å². The maximum atomic E-state index is 12.7. The summed E-state index contributed by atoms with van der Waals surface area (Å²) in [4.78, 5) is 25.1. The van der Waals surface area contributed by atoms with Crippen molar-refractivity contribution < 1.29 is 9.53 Å². The average Bonchev–Trinajstić information content (AvgIpc) is 3.05. The average molecular weight is 345 g/mol. The van der Waals surface area contributed by atoms with Crippen molar-refractivity contribution in [3.63, 3.8) is 0 Å². The van der Waals surface area contributed by atoms with Crippen molar-refractivity contribution in [1.82, 2.24) is 14.9 Å². The third kappa shape index (κ3) is 2.89. The summed E-state index contributed by atoms with van der Waals surface area (Å²) in [7, 11) is 0. The molecule has 1 atom stereocenters. The first-order chi connectivity index (χ1) is 11.7. The number of rotatable bonds is 2. The molecule has 2 aliphatic rings. The molecule has 7 heteroatoms. The van der Waals surface area contributed by atoms with Gasteiger partial charge in [0.25, 0.3) is 5.91 Å². The van der Waals surface area contributed by atoms with Gasteiger partial charge in [-0.05, 0) is 23.8 Å². The van der Waals surface area contributed by atoms with E-state index in [0.29, 0.717) is 24.5 Å². The van der Waals surface area contributed by atoms with E-state index in [9.17, 15) is 4.79 Å². The number of ether oxygens (including phenoxy) is 1. The molecule has 0 N–H and O–H groups in total. The van der Waals surface area contributed by atoms with E-state index >= 15 is 0 Å². The first kappa shape index (κ1) is 15.2. The van der Waals surface area contributed by atoms with Crippen molar-refractivity contribution in [3.8, 4) is 5.75 Å². The van der Waals surface area contributed by atoms with E-state index in [4.69, 9.17) is 16.3 Å². The number of carbonyl (C=O) groups is 1. The van der Waals surface area contributed by atoms with Crippen LogP contribution in [0.15, 0.2) is 36.8 Å². The van der Waals surface area contributed by atoms with Gasteiger partial charge in [0.1, 0.15) is 11.6 Å². The number of anilines is 1. The Morgan fingerprint density at radius 2 is 2.04 bits per heavy atom. The molecule has 124 valence electrons. The molecule has 0 spiro atoms. The second kappa shape index (κ2) is 6.28. The lowest BCUT2D eigenvalue weighted by Gasteiger charge is -2.36. The van der Waals surface area contributed by atoms with Crippen LogP contribution in [0.25, 0.3) is 0 Å². The number of piperazine rings is 1. The molecule has 0 unspecified atom stereocenters. The van der Waals surface area contributed by atoms with Crippen molar-refractivity contribution in [2.24, 2.45) is 0 Å². The van der Waals surface area contributed by atoms with Crippen LogP contribution in [0.4, 0.5) is 5.82 Å². The first-order valence-corrected chi connectivity index (χ1v) is 8.33. The smallest absolute Gasteiger partial charge is 0.264 e. The van der Waals surface area contributed by atoms with Crippen LogP contribution in [0.1, 0.15) is 5.56 Å². The maximum absolute atomic E-state index is 12.7. The van der Waals surface area contributed by atoms with Gasteiger partial charge in [-0.25, -0.2) is 4.98 Å². The lowest BCUT2D eigenvalue weighted by atomic mass is 10.1. The Morgan fingerprint density at radius 3 is 2.79 bits per heavy atom. The van der Waals surface area contributed by atoms with E-state index in [1.165, 1.54) is 0 Å². The van der Waals surface area contributed by atoms with Crippen molar-refractivity contribution in [2.45, 2.75) is 12.5 Å². The van der Waals surface area contributed by atoms with Crippen LogP contribution in [0, 0.1) is 0 Å². The maximum Gasteiger partial charge on any atom is 0.264 e. The number of hydrogen-bond acceptors (Lipinski definition) is 5. The second-order valence-corrected chi connectivity index (χ2v) is 6.38. The Kier molecular flexibility index (Phi) is 3.98. The highest BCUT2D eigenvalue weighted by Gasteiger charge is 2.34. The van der Waals surface area contributed by atoms with Gasteiger partial charge in [0.2, 0.25) is 0 Å². The Bertz CT molecular complexity index is 748. The molecule has 1 saturated heterocycles. The normalized spacial score (nSPS) is 19.8. The molecule has 1 aromatic heterocycles. The summed E-state index contributed by atoms with van der Waals surface area (Å²) in [6.45, 7) is 2.81. The van der Waals surface area contributed by atoms with Gasteiger partial charge in [-0.2, -0.15) is 0 Å². The Balaban J connectivity index is 1.37. The number of fused-ring (bicyclic) bond motifs is 1. The highest BCUT2D eigenvalue weighted by molar-refractivity contribution is 6.30. The molecule has 0 saturated carbocycles. The Hall–Kier alpha value is -2.34. The van der Waals surface area contributed by atoms with Crippen LogP contribution in [-0.2, 0) is 11.2 Å². The highest BCUT2D eigenvalue weighted by Crippen LogP contribution is 2.31. The highest BCUT2D eigenvalue weighted by atomic mass is 35.5. The standard InChI is InChI=1S/C17H17ClN4O2/c18-13-1-2-14-12(9-13)10-15(24-14)17(23)22-7-5-21(6-8-22)16-11-19-3-4-20-16/h1-4,9,11,15H,5-8,10H2/t15-/m0/s1. The van der Waals surface area contributed by atoms with Gasteiger partial charge in [-0.1, -0.05) is 11.6 Å². The van der Waals surface area contributed by atoms with E-state index in [1.54, 1.807) is 24.7 Å². The summed E-state index contributed by atoms with van der Waals surface area (Å²) in [6, 6.07) is 5.49. The predicted molar refractivity (Wildman–Crippen MR) is 90.4 cm³/mol. The Labute approximate surface area is 145 Å². The number of amides is 1. The summed E-state index contributed by atoms with van der Waals surface area (Å²) in [5.74, 6) is 1.65. The third-order valence-corrected chi connectivity index (χ3v) is 4.67. The minimum Gasteiger partial charge on any atom is -0.480 e. The van der Waals surface area contributed by atoms with E-state index in [0.717, 1.165) is 30.2 Å². The summed E-state index contributed by atoms with van der Waals surface area (Å²) in [5.41, 5.74) is 0.999. The van der Waals surface area contributed by atoms with Gasteiger partial charge >= 0.3 is 0 Å². The molecule has 2 aliphatic heterocycles. The number of hydrogen-bond donors (Lipinski definition) is 0. The van der Waals surface area contributed by atoms with Crippen LogP contribution in [0.3, 0.4) is 0 Å². The molecular formula is C17H17ClN4O2. The largest absolute Gasteiger partial charge is 0.480 e. The SMILES string of the molecule is O=C([C@@H]1Cc2cc(Cl)ccc2O1)N1CCN(c2cnccn2)CC1. The van der Waals surface area contributed by atoms with Crippen molar-refractivity contribution in [2.75, 3.05) is 31.1 Å². The summed E-state index contributed by atoms with van der Waals surface area (Å²) < 4.78 is 5.80. The number of halogens is 1. The van der Waals surface area contributed by atoms with E-state index in [-0.39, 0.29) is 5.91 Å². The zero-order chi connectivity index (χ0) is 16.5. The van der Waals surface area contributed by atoms with Gasteiger partial charge in [0.05, 0.1) is 6.20 Å². The topological polar surface area (TPSA) is 58.6 Å². The van der Waals surface area contributed by atoms with Crippen LogP contribution >= 0.6 is 11.6 Å². The predicted octanol–water partition coefficient (Wildman–Crippen LogP) is 1.78. The molecule has 6 nitrogen and oxygen atoms in total. The lowest BCUT2D eigenvalue weighted by Crippen LogP contribution is -2.52. The minimum atomic E-state index is -0.443. The fourth-order valence-corrected chi connectivity index (χ4v) is 3.36. The minimum absolute atomic E-state index is 0.0427. The molecule has 1 amide bonds. The number of nitrogens with zero attached hydrogens (tertiary/aromatic N) is 4. The van der Waals surface area contributed by atoms with Crippen molar-refractivity contribution in [1.29, 1.82) is 0 Å². The molecule has 0 radical (unpaired) electrons. The third-order valence-electron chi connectivity index (χ3n) is 4.44. The number of aromatic nitrogens is 2. The molecule has 3 heterocycles. The van der Waals surface area contributed by atoms with Gasteiger partial charge < -0.3 is 14.5 Å². The lowest BCUT2D eigenvalue weighted by molar-refractivity contribution is -0.138. The monoisotopic (exact) mass is 344 g/mol. The molecule has 4 rings (SSSR count). The summed E-state index contributed by atoms with van der Waals surface area (Å²) in [6.07, 6.45) is 5.23. The van der Waals surface area contributed by atoms with Crippen LogP contribution < -0.4 is 9.64 Å². The molecule has 24 heavy (non-hydrogen) atoms. The summed E-state index contributed by atoms with van der Waals surface area (Å²) >= 11 is 6.01. The molecule has 1 fully saturated rings. The van der Waals surface area contributed by atoms with Crippen LogP contribution in [0.5, 0.6) is 5.75 Å². The van der Waals surface area contributed by atoms with Crippen LogP contribution in [0.2, 0.25) is 5.02 Å². The van der Waals surface area contributed by atoms with E-state index in [1.807, 2.05) is 17.0 Å². The van der Waals surface area contributed by atoms with Gasteiger partial charge in [-0.15, -0.1) is 0 Å². The molecular weight excluding hydrogens is 328 g/mol. The number of benzene rings is 1. The Morgan fingerprint density at radius 1 is 1.21 bits per heavy atom. The summed E-state index contributed by atoms with van der Waals surface area (Å²) in [5, 5.41) is 0.669. The quantitative estimate of drug-likeness (QED) is 0.831. The zero-order valence-corrected chi connectivity index (χ0v) is 13.8. The fraction of sp³-hybridized carbons (Fsp3) is 0.353. The molecule has 0 aliphatic carbocycles. The van der Waals surface area contributed by atoms with Crippen LogP contribution in [-0.4, -0.2) is 53.1 Å². The second-order valence-electron chi connectivity index (χ2n) is 5.94. The van der Waals surface area contributed by atoms with E-state index in [2.05, 4.69) is 14.9 Å². The molecule has 0 bridgehead atoms. The van der Waals surface area contributed by atoms with Gasteiger partial charge in [0.15, 0.2) is 6.10 Å². The van der Waals surface area contributed by atoms with Crippen molar-refractivity contribution >= 4 is 23.3 Å². The van der Waals surface area contributed by atoms with Gasteiger partial charge in [0, 0.05) is 50.0 Å². The van der Waals surface area contributed by atoms with E-state index < -0.39 is 6.10 Å². The number of carbonyl (C=O) groups excluding carboxylic acids is 1. The fourth-order valence-electron chi connectivity index (χ4n) is 3.17. The van der Waals surface area contributed by atoms with Gasteiger partial charge in [-0.3, -0.25) is 9.78 Å². The first-order valence-electron chi connectivity index (χ1n) is 7.95. The molecule has 2 aromatic rings.